The van der Waals surface area contributed by atoms with Gasteiger partial charge >= 0.3 is 0 Å². The fourth-order valence-corrected chi connectivity index (χ4v) is 1.94. The lowest BCUT2D eigenvalue weighted by atomic mass is 9.86. The second kappa shape index (κ2) is 4.03. The summed E-state index contributed by atoms with van der Waals surface area (Å²) in [7, 11) is 0. The molecule has 1 unspecified atom stereocenters. The molecular weight excluding hydrogens is 211 g/mol. The number of rotatable bonds is 3. The van der Waals surface area contributed by atoms with Gasteiger partial charge in [-0.25, -0.2) is 4.39 Å². The highest BCUT2D eigenvalue weighted by molar-refractivity contribution is 6.01. The van der Waals surface area contributed by atoms with E-state index in [1.54, 1.807) is 20.8 Å². The maximum Gasteiger partial charge on any atom is 0.248 e. The topological polar surface area (TPSA) is 49.4 Å². The van der Waals surface area contributed by atoms with Gasteiger partial charge in [-0.3, -0.25) is 9.59 Å². The van der Waals surface area contributed by atoms with Gasteiger partial charge in [-0.05, 0) is 27.2 Å². The third-order valence-corrected chi connectivity index (χ3v) is 3.29. The van der Waals surface area contributed by atoms with Crippen molar-refractivity contribution >= 4 is 11.8 Å². The van der Waals surface area contributed by atoms with Crippen LogP contribution in [0.3, 0.4) is 0 Å². The normalized spacial score (nSPS) is 29.2. The predicted molar refractivity (Wildman–Crippen MR) is 58.6 cm³/mol. The molecule has 92 valence electrons. The Labute approximate surface area is 95.2 Å². The summed E-state index contributed by atoms with van der Waals surface area (Å²) in [4.78, 5) is 25.4. The lowest BCUT2D eigenvalue weighted by Gasteiger charge is -2.48. The summed E-state index contributed by atoms with van der Waals surface area (Å²) >= 11 is 0. The minimum Gasteiger partial charge on any atom is -0.340 e. The maximum atomic E-state index is 12.5. The Hall–Kier alpha value is -1.13. The number of nitrogens with one attached hydrogen (secondary N) is 1. The van der Waals surface area contributed by atoms with Crippen molar-refractivity contribution < 1.29 is 14.0 Å². The Morgan fingerprint density at radius 1 is 1.31 bits per heavy atom. The Morgan fingerprint density at radius 3 is 2.31 bits per heavy atom. The largest absolute Gasteiger partial charge is 0.340 e. The van der Waals surface area contributed by atoms with E-state index in [2.05, 4.69) is 5.32 Å². The van der Waals surface area contributed by atoms with E-state index >= 15 is 0 Å². The molecule has 0 aromatic rings. The van der Waals surface area contributed by atoms with Gasteiger partial charge in [0, 0.05) is 0 Å². The van der Waals surface area contributed by atoms with Crippen LogP contribution in [0.15, 0.2) is 0 Å². The van der Waals surface area contributed by atoms with E-state index in [1.165, 1.54) is 4.90 Å². The highest BCUT2D eigenvalue weighted by atomic mass is 19.1. The summed E-state index contributed by atoms with van der Waals surface area (Å²) in [5, 5.41) is 2.68. The minimum atomic E-state index is -0.944. The van der Waals surface area contributed by atoms with Crippen molar-refractivity contribution in [3.05, 3.63) is 0 Å². The first-order valence-corrected chi connectivity index (χ1v) is 5.50. The van der Waals surface area contributed by atoms with E-state index < -0.39 is 17.8 Å². The van der Waals surface area contributed by atoms with Crippen molar-refractivity contribution in [2.75, 3.05) is 13.2 Å². The van der Waals surface area contributed by atoms with Crippen LogP contribution in [0.5, 0.6) is 0 Å². The Bertz CT molecular complexity index is 317. The molecule has 1 saturated heterocycles. The molecule has 1 fully saturated rings. The van der Waals surface area contributed by atoms with Crippen molar-refractivity contribution in [1.29, 1.82) is 0 Å². The lowest BCUT2D eigenvalue weighted by Crippen LogP contribution is -2.73. The molecule has 1 rings (SSSR count). The molecule has 0 spiro atoms. The van der Waals surface area contributed by atoms with E-state index in [-0.39, 0.29) is 18.4 Å². The van der Waals surface area contributed by atoms with Crippen LogP contribution < -0.4 is 5.32 Å². The van der Waals surface area contributed by atoms with Gasteiger partial charge in [-0.15, -0.1) is 0 Å². The third-order valence-electron chi connectivity index (χ3n) is 3.29. The van der Waals surface area contributed by atoms with Gasteiger partial charge < -0.3 is 10.2 Å². The third kappa shape index (κ3) is 1.79. The van der Waals surface area contributed by atoms with Gasteiger partial charge in [0.2, 0.25) is 11.8 Å². The monoisotopic (exact) mass is 230 g/mol. The molecule has 0 saturated carbocycles. The Kier molecular flexibility index (Phi) is 3.26. The van der Waals surface area contributed by atoms with Crippen LogP contribution in [0.4, 0.5) is 4.39 Å². The number of carbonyl (C=O) groups excluding carboxylic acids is 2. The SMILES string of the molecule is CCC1(C)C(=O)NC(C)(C)C(=O)N1CCF. The highest BCUT2D eigenvalue weighted by Gasteiger charge is 2.51. The van der Waals surface area contributed by atoms with Crippen LogP contribution in [0.25, 0.3) is 0 Å². The second-order valence-electron chi connectivity index (χ2n) is 4.85. The first-order chi connectivity index (χ1) is 7.29. The molecule has 1 atom stereocenters. The van der Waals surface area contributed by atoms with E-state index in [4.69, 9.17) is 0 Å². The van der Waals surface area contributed by atoms with E-state index in [0.717, 1.165) is 0 Å². The number of hydrogen-bond acceptors (Lipinski definition) is 2. The van der Waals surface area contributed by atoms with Crippen molar-refractivity contribution in [2.24, 2.45) is 0 Å². The number of amides is 2. The zero-order valence-electron chi connectivity index (χ0n) is 10.3. The quantitative estimate of drug-likeness (QED) is 0.781. The average Bonchev–Trinajstić information content (AvgIpc) is 2.21. The molecule has 16 heavy (non-hydrogen) atoms. The van der Waals surface area contributed by atoms with Crippen molar-refractivity contribution in [3.63, 3.8) is 0 Å². The molecule has 1 aliphatic rings. The van der Waals surface area contributed by atoms with Crippen LogP contribution in [-0.2, 0) is 9.59 Å². The lowest BCUT2D eigenvalue weighted by molar-refractivity contribution is -0.161. The first kappa shape index (κ1) is 12.9. The summed E-state index contributed by atoms with van der Waals surface area (Å²) in [5.74, 6) is -0.442. The van der Waals surface area contributed by atoms with Crippen molar-refractivity contribution in [1.82, 2.24) is 10.2 Å². The number of nitrogens with zero attached hydrogens (tertiary/aromatic N) is 1. The van der Waals surface area contributed by atoms with Crippen molar-refractivity contribution in [3.8, 4) is 0 Å². The van der Waals surface area contributed by atoms with Crippen molar-refractivity contribution in [2.45, 2.75) is 45.2 Å². The van der Waals surface area contributed by atoms with Crippen LogP contribution >= 0.6 is 0 Å². The Balaban J connectivity index is 3.12. The highest BCUT2D eigenvalue weighted by Crippen LogP contribution is 2.28. The number of piperazine rings is 1. The standard InChI is InChI=1S/C11H19FN2O2/c1-5-11(4)8(15)13-10(2,3)9(16)14(11)7-6-12/h5-7H2,1-4H3,(H,13,15). The van der Waals surface area contributed by atoms with E-state index in [0.29, 0.717) is 6.42 Å². The molecule has 0 aromatic heterocycles. The predicted octanol–water partition coefficient (Wildman–Crippen LogP) is 0.862. The molecular formula is C11H19FN2O2. The summed E-state index contributed by atoms with van der Waals surface area (Å²) in [6.45, 7) is 6.09. The molecule has 0 aromatic carbocycles. The zero-order chi connectivity index (χ0) is 12.6. The smallest absolute Gasteiger partial charge is 0.248 e. The van der Waals surface area contributed by atoms with Crippen LogP contribution in [-0.4, -0.2) is 41.0 Å². The number of hydrogen-bond donors (Lipinski definition) is 1. The number of carbonyl (C=O) groups is 2. The molecule has 2 amide bonds. The van der Waals surface area contributed by atoms with Gasteiger partial charge in [0.15, 0.2) is 0 Å². The minimum absolute atomic E-state index is 0.0278. The molecule has 0 bridgehead atoms. The second-order valence-corrected chi connectivity index (χ2v) is 4.85. The first-order valence-electron chi connectivity index (χ1n) is 5.50. The van der Waals surface area contributed by atoms with Gasteiger partial charge in [-0.2, -0.15) is 0 Å². The molecule has 1 heterocycles. The van der Waals surface area contributed by atoms with Crippen LogP contribution in [0.1, 0.15) is 34.1 Å². The van der Waals surface area contributed by atoms with Gasteiger partial charge in [0.05, 0.1) is 6.54 Å². The zero-order valence-corrected chi connectivity index (χ0v) is 10.3. The van der Waals surface area contributed by atoms with Gasteiger partial charge in [0.1, 0.15) is 17.8 Å². The van der Waals surface area contributed by atoms with E-state index in [1.807, 2.05) is 6.92 Å². The Morgan fingerprint density at radius 2 is 1.88 bits per heavy atom. The molecule has 1 aliphatic heterocycles. The molecule has 5 heteroatoms. The van der Waals surface area contributed by atoms with Crippen LogP contribution in [0.2, 0.25) is 0 Å². The fourth-order valence-electron chi connectivity index (χ4n) is 1.94. The van der Waals surface area contributed by atoms with Crippen LogP contribution in [0, 0.1) is 0 Å². The van der Waals surface area contributed by atoms with Gasteiger partial charge in [0.25, 0.3) is 0 Å². The summed E-state index contributed by atoms with van der Waals surface area (Å²) in [6, 6.07) is 0. The average molecular weight is 230 g/mol. The van der Waals surface area contributed by atoms with E-state index in [9.17, 15) is 14.0 Å². The van der Waals surface area contributed by atoms with Gasteiger partial charge in [-0.1, -0.05) is 6.92 Å². The molecule has 0 aliphatic carbocycles. The molecule has 0 radical (unpaired) electrons. The number of alkyl halides is 1. The maximum absolute atomic E-state index is 12.5. The number of halogens is 1. The molecule has 4 nitrogen and oxygen atoms in total. The summed E-state index contributed by atoms with van der Waals surface area (Å²) in [6.07, 6.45) is 0.473. The molecule has 1 N–H and O–H groups in total. The fraction of sp³-hybridized carbons (Fsp3) is 0.818. The summed E-state index contributed by atoms with van der Waals surface area (Å²) < 4.78 is 12.5. The summed E-state index contributed by atoms with van der Waals surface area (Å²) in [5.41, 5.74) is -1.88.